The van der Waals surface area contributed by atoms with Gasteiger partial charge >= 0.3 is 0 Å². The predicted octanol–water partition coefficient (Wildman–Crippen LogP) is 3.50. The Morgan fingerprint density at radius 3 is 2.92 bits per heavy atom. The van der Waals surface area contributed by atoms with Gasteiger partial charge < -0.3 is 0 Å². The minimum absolute atomic E-state index is 0.183. The molecule has 3 heteroatoms. The Bertz CT molecular complexity index is 275. The number of hydrogen-bond acceptors (Lipinski definition) is 1. The Labute approximate surface area is 80.1 Å². The maximum Gasteiger partial charge on any atom is 0.159 e. The molecule has 0 saturated heterocycles. The molecule has 0 aliphatic heterocycles. The topological polar surface area (TPSA) is 12.9 Å². The van der Waals surface area contributed by atoms with Crippen LogP contribution in [-0.2, 0) is 0 Å². The van der Waals surface area contributed by atoms with Crippen LogP contribution < -0.4 is 0 Å². The number of halogens is 2. The summed E-state index contributed by atoms with van der Waals surface area (Å²) in [4.78, 5) is 4.00. The van der Waals surface area contributed by atoms with Crippen molar-refractivity contribution in [2.75, 3.05) is 0 Å². The normalized spacial score (nSPS) is 13.0. The zero-order valence-electron chi connectivity index (χ0n) is 7.14. The summed E-state index contributed by atoms with van der Waals surface area (Å²) in [5.74, 6) is -0.0469. The van der Waals surface area contributed by atoms with Crippen molar-refractivity contribution in [3.05, 3.63) is 28.2 Å². The Morgan fingerprint density at radius 2 is 2.33 bits per heavy atom. The second-order valence-electron chi connectivity index (χ2n) is 2.80. The second-order valence-corrected chi connectivity index (χ2v) is 3.66. The van der Waals surface area contributed by atoms with E-state index in [2.05, 4.69) is 20.9 Å². The van der Waals surface area contributed by atoms with Crippen molar-refractivity contribution in [2.45, 2.75) is 26.2 Å². The van der Waals surface area contributed by atoms with Crippen molar-refractivity contribution in [1.82, 2.24) is 4.98 Å². The van der Waals surface area contributed by atoms with Gasteiger partial charge in [-0.1, -0.05) is 13.8 Å². The molecule has 0 aliphatic carbocycles. The summed E-state index contributed by atoms with van der Waals surface area (Å²) in [5.41, 5.74) is 0.548. The monoisotopic (exact) mass is 231 g/mol. The molecule has 1 nitrogen and oxygen atoms in total. The lowest BCUT2D eigenvalue weighted by atomic mass is 10.0. The van der Waals surface area contributed by atoms with Gasteiger partial charge in [0.2, 0.25) is 0 Å². The number of hydrogen-bond donors (Lipinski definition) is 0. The van der Waals surface area contributed by atoms with E-state index < -0.39 is 0 Å². The SMILES string of the molecule is CCC(C)c1nccc(Br)c1F. The smallest absolute Gasteiger partial charge is 0.159 e. The first-order chi connectivity index (χ1) is 5.66. The van der Waals surface area contributed by atoms with Crippen LogP contribution in [0.25, 0.3) is 0 Å². The highest BCUT2D eigenvalue weighted by molar-refractivity contribution is 9.10. The number of rotatable bonds is 2. The lowest BCUT2D eigenvalue weighted by Crippen LogP contribution is -1.99. The molecule has 1 unspecified atom stereocenters. The quantitative estimate of drug-likeness (QED) is 0.760. The summed E-state index contributed by atoms with van der Waals surface area (Å²) >= 11 is 3.13. The van der Waals surface area contributed by atoms with Crippen LogP contribution in [0.5, 0.6) is 0 Å². The first-order valence-electron chi connectivity index (χ1n) is 3.96. The maximum atomic E-state index is 13.3. The number of pyridine rings is 1. The summed E-state index contributed by atoms with van der Waals surface area (Å²) in [6.07, 6.45) is 2.52. The Kier molecular flexibility index (Phi) is 3.20. The average Bonchev–Trinajstić information content (AvgIpc) is 2.08. The van der Waals surface area contributed by atoms with E-state index in [1.165, 1.54) is 0 Å². The highest BCUT2D eigenvalue weighted by Gasteiger charge is 2.12. The molecular formula is C9H11BrFN. The van der Waals surface area contributed by atoms with Crippen molar-refractivity contribution in [2.24, 2.45) is 0 Å². The summed E-state index contributed by atoms with van der Waals surface area (Å²) in [7, 11) is 0. The fourth-order valence-electron chi connectivity index (χ4n) is 0.972. The zero-order chi connectivity index (χ0) is 9.14. The van der Waals surface area contributed by atoms with Crippen molar-refractivity contribution in [3.8, 4) is 0 Å². The standard InChI is InChI=1S/C9H11BrFN/c1-3-6(2)9-8(11)7(10)4-5-12-9/h4-6H,3H2,1-2H3. The van der Waals surface area contributed by atoms with Gasteiger partial charge in [0.1, 0.15) is 0 Å². The molecule has 1 heterocycles. The molecule has 0 aromatic carbocycles. The van der Waals surface area contributed by atoms with Gasteiger partial charge in [-0.05, 0) is 28.4 Å². The van der Waals surface area contributed by atoms with Gasteiger partial charge in [0, 0.05) is 12.1 Å². The molecule has 0 aliphatic rings. The molecule has 0 radical (unpaired) electrons. The van der Waals surface area contributed by atoms with Gasteiger partial charge in [0.05, 0.1) is 10.2 Å². The van der Waals surface area contributed by atoms with Gasteiger partial charge in [0.15, 0.2) is 5.82 Å². The average molecular weight is 232 g/mol. The minimum Gasteiger partial charge on any atom is -0.258 e. The van der Waals surface area contributed by atoms with Gasteiger partial charge in [-0.3, -0.25) is 4.98 Å². The molecule has 66 valence electrons. The summed E-state index contributed by atoms with van der Waals surface area (Å²) in [6, 6.07) is 1.61. The zero-order valence-corrected chi connectivity index (χ0v) is 8.73. The molecule has 1 atom stereocenters. The summed E-state index contributed by atoms with van der Waals surface area (Å²) in [6.45, 7) is 3.99. The molecule has 0 fully saturated rings. The van der Waals surface area contributed by atoms with Gasteiger partial charge in [0.25, 0.3) is 0 Å². The molecule has 1 rings (SSSR count). The number of nitrogens with zero attached hydrogens (tertiary/aromatic N) is 1. The molecule has 1 aromatic rings. The van der Waals surface area contributed by atoms with Crippen LogP contribution in [0.2, 0.25) is 0 Å². The Morgan fingerprint density at radius 1 is 1.67 bits per heavy atom. The third kappa shape index (κ3) is 1.83. The van der Waals surface area contributed by atoms with Gasteiger partial charge in [-0.15, -0.1) is 0 Å². The molecule has 0 N–H and O–H groups in total. The second kappa shape index (κ2) is 3.99. The van der Waals surface area contributed by atoms with E-state index in [1.54, 1.807) is 12.3 Å². The fourth-order valence-corrected chi connectivity index (χ4v) is 1.29. The van der Waals surface area contributed by atoms with E-state index in [9.17, 15) is 4.39 Å². The van der Waals surface area contributed by atoms with Crippen molar-refractivity contribution in [1.29, 1.82) is 0 Å². The van der Waals surface area contributed by atoms with Crippen LogP contribution in [0, 0.1) is 5.82 Å². The van der Waals surface area contributed by atoms with Crippen LogP contribution >= 0.6 is 15.9 Å². The third-order valence-electron chi connectivity index (χ3n) is 1.95. The largest absolute Gasteiger partial charge is 0.258 e. The molecule has 1 aromatic heterocycles. The van der Waals surface area contributed by atoms with Crippen molar-refractivity contribution < 1.29 is 4.39 Å². The van der Waals surface area contributed by atoms with E-state index in [-0.39, 0.29) is 11.7 Å². The van der Waals surface area contributed by atoms with Crippen molar-refractivity contribution >= 4 is 15.9 Å². The van der Waals surface area contributed by atoms with E-state index in [0.29, 0.717) is 10.2 Å². The highest BCUT2D eigenvalue weighted by Crippen LogP contribution is 2.24. The first-order valence-corrected chi connectivity index (χ1v) is 4.76. The fraction of sp³-hybridized carbons (Fsp3) is 0.444. The van der Waals surface area contributed by atoms with Crippen LogP contribution in [0.4, 0.5) is 4.39 Å². The molecule has 0 amide bonds. The van der Waals surface area contributed by atoms with E-state index in [4.69, 9.17) is 0 Å². The van der Waals surface area contributed by atoms with Crippen LogP contribution in [0.15, 0.2) is 16.7 Å². The Balaban J connectivity index is 3.07. The lowest BCUT2D eigenvalue weighted by molar-refractivity contribution is 0.562. The van der Waals surface area contributed by atoms with Crippen LogP contribution in [0.1, 0.15) is 31.9 Å². The molecular weight excluding hydrogens is 221 g/mol. The predicted molar refractivity (Wildman–Crippen MR) is 50.6 cm³/mol. The molecule has 12 heavy (non-hydrogen) atoms. The molecule has 0 saturated carbocycles. The number of aromatic nitrogens is 1. The summed E-state index contributed by atoms with van der Waals surface area (Å²) < 4.78 is 13.8. The summed E-state index contributed by atoms with van der Waals surface area (Å²) in [5, 5.41) is 0. The van der Waals surface area contributed by atoms with Crippen molar-refractivity contribution in [3.63, 3.8) is 0 Å². The molecule has 0 bridgehead atoms. The van der Waals surface area contributed by atoms with E-state index in [0.717, 1.165) is 6.42 Å². The first kappa shape index (κ1) is 9.65. The lowest BCUT2D eigenvalue weighted by Gasteiger charge is -2.08. The van der Waals surface area contributed by atoms with E-state index >= 15 is 0 Å². The minimum atomic E-state index is -0.230. The highest BCUT2D eigenvalue weighted by atomic mass is 79.9. The van der Waals surface area contributed by atoms with Gasteiger partial charge in [-0.2, -0.15) is 0 Å². The third-order valence-corrected chi connectivity index (χ3v) is 2.56. The van der Waals surface area contributed by atoms with E-state index in [1.807, 2.05) is 13.8 Å². The van der Waals surface area contributed by atoms with Gasteiger partial charge in [-0.25, -0.2) is 4.39 Å². The van der Waals surface area contributed by atoms with Crippen LogP contribution in [0.3, 0.4) is 0 Å². The molecule has 0 spiro atoms. The Hall–Kier alpha value is -0.440. The van der Waals surface area contributed by atoms with Crippen LogP contribution in [-0.4, -0.2) is 4.98 Å². The maximum absolute atomic E-state index is 13.3.